The van der Waals surface area contributed by atoms with Gasteiger partial charge in [0, 0.05) is 89.7 Å². The van der Waals surface area contributed by atoms with Gasteiger partial charge in [0.1, 0.15) is 55.1 Å². The maximum Gasteiger partial charge on any atom is 0.454 e. The third kappa shape index (κ3) is 64.9. The van der Waals surface area contributed by atoms with Crippen LogP contribution >= 0.6 is 115 Å². The molecule has 125 heavy (non-hydrogen) atoms. The molecule has 0 saturated heterocycles. The predicted molar refractivity (Wildman–Crippen MR) is 526 cm³/mol. The number of alkyl halides is 6. The average Bonchev–Trinajstić information content (AvgIpc) is 0.795. The van der Waals surface area contributed by atoms with Gasteiger partial charge in [-0.1, -0.05) is 224 Å². The topological polar surface area (TPSA) is 329 Å². The van der Waals surface area contributed by atoms with Crippen LogP contribution < -0.4 is 15.2 Å². The van der Waals surface area contributed by atoms with Crippen molar-refractivity contribution < 1.29 is 96.1 Å². The molecule has 0 fully saturated rings. The molecule has 6 heterocycles. The second-order valence-electron chi connectivity index (χ2n) is 24.4. The van der Waals surface area contributed by atoms with Gasteiger partial charge in [0.15, 0.2) is 5.71 Å². The van der Waals surface area contributed by atoms with Gasteiger partial charge in [0.05, 0.1) is 39.7 Å². The Morgan fingerprint density at radius 3 is 1.09 bits per heavy atom. The second-order valence-corrected chi connectivity index (χ2v) is 31.9. The fraction of sp³-hybridized carbons (Fsp3) is 0.356. The Balaban J connectivity index is -0.000000250. The Hall–Kier alpha value is -5.46. The molecule has 10 N–H and O–H groups in total. The summed E-state index contributed by atoms with van der Waals surface area (Å²) in [6, 6.07) is 45.0. The average molecular weight is 2190 g/mol. The van der Waals surface area contributed by atoms with E-state index in [0.29, 0.717) is 51.8 Å². The van der Waals surface area contributed by atoms with Crippen molar-refractivity contribution >= 4 is 177 Å². The molecule has 0 saturated carbocycles. The summed E-state index contributed by atoms with van der Waals surface area (Å²) in [6.45, 7) is 33.2. The number of aromatic hydroxyl groups is 1. The third-order valence-electron chi connectivity index (χ3n) is 14.4. The Labute approximate surface area is 815 Å². The van der Waals surface area contributed by atoms with E-state index in [4.69, 9.17) is 95.1 Å². The number of aliphatic hydroxyl groups is 5. The van der Waals surface area contributed by atoms with Crippen molar-refractivity contribution in [2.75, 3.05) is 58.8 Å². The molecule has 38 heteroatoms. The summed E-state index contributed by atoms with van der Waals surface area (Å²) in [5, 5.41) is 59.7. The van der Waals surface area contributed by atoms with Crippen molar-refractivity contribution in [3.8, 4) is 5.75 Å². The fourth-order valence-electron chi connectivity index (χ4n) is 8.11. The molecule has 696 valence electrons. The van der Waals surface area contributed by atoms with E-state index in [2.05, 4.69) is 110 Å². The van der Waals surface area contributed by atoms with Crippen LogP contribution in [0.4, 0.5) is 26.3 Å². The van der Waals surface area contributed by atoms with Gasteiger partial charge in [-0.2, -0.15) is 30.7 Å². The van der Waals surface area contributed by atoms with Crippen molar-refractivity contribution in [2.45, 2.75) is 149 Å². The van der Waals surface area contributed by atoms with Crippen LogP contribution in [0.15, 0.2) is 174 Å². The van der Waals surface area contributed by atoms with Crippen LogP contribution in [0.25, 0.3) is 18.2 Å². The second kappa shape index (κ2) is 75.2. The Morgan fingerprint density at radius 2 is 0.800 bits per heavy atom. The molecule has 0 radical (unpaired) electrons. The number of carbonyl (C=O) groups is 1. The van der Waals surface area contributed by atoms with E-state index >= 15 is 0 Å². The molecular formula is C87H118Cl6F6I2N10O10S3Ti. The van der Waals surface area contributed by atoms with Crippen LogP contribution in [0.3, 0.4) is 0 Å². The first-order chi connectivity index (χ1) is 57.3. The van der Waals surface area contributed by atoms with Crippen molar-refractivity contribution in [3.63, 3.8) is 0 Å². The molecule has 0 spiro atoms. The van der Waals surface area contributed by atoms with Crippen LogP contribution in [0.1, 0.15) is 141 Å². The van der Waals surface area contributed by atoms with E-state index in [-0.39, 0.29) is 73.5 Å². The van der Waals surface area contributed by atoms with Gasteiger partial charge in [-0.15, -0.1) is 0 Å². The van der Waals surface area contributed by atoms with Gasteiger partial charge >= 0.3 is 12.4 Å². The van der Waals surface area contributed by atoms with Crippen LogP contribution in [0, 0.1) is 69.7 Å². The van der Waals surface area contributed by atoms with Gasteiger partial charge < -0.3 is 36.0 Å². The molecule has 20 nitrogen and oxygen atoms in total. The minimum Gasteiger partial charge on any atom is -0.505 e. The monoisotopic (exact) mass is 2180 g/mol. The van der Waals surface area contributed by atoms with Crippen molar-refractivity contribution in [1.82, 2.24) is 39.9 Å². The number of likely N-dealkylation sites (N-methyl/N-ethyl adjacent to an activating group) is 1. The van der Waals surface area contributed by atoms with E-state index in [9.17, 15) is 48.9 Å². The number of pyridine rings is 6. The van der Waals surface area contributed by atoms with Crippen LogP contribution in [0.2, 0.25) is 30.9 Å². The zero-order chi connectivity index (χ0) is 96.0. The molecule has 5 atom stereocenters. The zero-order valence-electron chi connectivity index (χ0n) is 73.0. The quantitative estimate of drug-likeness (QED) is 0.0129. The first-order valence-electron chi connectivity index (χ1n) is 36.9. The number of aryl methyl sites for hydroxylation is 7. The van der Waals surface area contributed by atoms with E-state index in [0.717, 1.165) is 67.1 Å². The van der Waals surface area contributed by atoms with E-state index < -0.39 is 62.3 Å². The number of benzene rings is 3. The van der Waals surface area contributed by atoms with Crippen LogP contribution in [0.5, 0.6) is 5.75 Å². The third-order valence-corrected chi connectivity index (χ3v) is 18.7. The summed E-state index contributed by atoms with van der Waals surface area (Å²) in [7, 11) is -2.27. The molecule has 3 aromatic carbocycles. The smallest absolute Gasteiger partial charge is 0.454 e. The number of nitrogens with one attached hydrogen (secondary N) is 2. The number of ketones is 1. The van der Waals surface area contributed by atoms with E-state index in [1.807, 2.05) is 141 Å². The number of aromatic nitrogens is 6. The number of nitrogens with zero attached hydrogens (tertiary/aromatic N) is 7. The van der Waals surface area contributed by atoms with Crippen molar-refractivity contribution in [1.29, 1.82) is 0 Å². The number of hydrogen-bond donors (Lipinski definition) is 9. The summed E-state index contributed by atoms with van der Waals surface area (Å²) in [5.74, 6) is -1.68. The minimum atomic E-state index is -4.79. The molecule has 0 bridgehead atoms. The number of nitrogens with two attached hydrogens (primary N) is 1. The Bertz CT molecular complexity index is 4470. The Morgan fingerprint density at radius 1 is 0.488 bits per heavy atom. The molecule has 9 rings (SSSR count). The van der Waals surface area contributed by atoms with Gasteiger partial charge in [-0.25, -0.2) is 47.3 Å². The molecule has 9 aromatic rings. The number of hydrogen-bond acceptors (Lipinski definition) is 17. The number of halogens is 14. The summed E-state index contributed by atoms with van der Waals surface area (Å²) < 4.78 is 111. The SMILES string of the molecule is C.CC.CCO.CCO.CCO.CCO.CNC(C)(/C=C/c1ccccc1)c1cc(Cl)nc(C)c1C.CS(=O)N=C(/C=C/c1ccccc1)C(F)(F)F.CS(N)=O.Cc1ccc(Cl)nc1C.Cc1ccc(Cl)nc1C.Cc1ccc(Cl)nc1I.Cc1nc(Cl)cc(C(C)(CO)NS(C)=O)c1C.O=C(/C=C/c1ccccc1)C(F)(F)F.Oc1ccc(Cl)nc1I.[Ti]. The molecule has 0 aliphatic heterocycles. The number of aliphatic hydroxyl groups excluding tert-OH is 5. The standard InChI is InChI=1S/C18H21ClN2.C11H17ClN2O2S.C11H10F3NOS.C10H7F3O.2C7H8ClN.C6H5ClIN.C5H3ClINO.4C2H6O.C2H6.CH5NOS.CH4.Ti/c1-13-14(2)21-17(19)12-16(13)18(3,20-4)11-10-15-8-6-5-7-9-15;1-7-8(2)13-10(12)5-9(7)11(3,6-15)14-17(4)16;1-17(16)15-10(11(12,13)14)8-7-9-5-3-2-4-6-9;11-10(12,13)9(14)7-6-8-4-2-1-3-5-8;2*1-5-3-4-7(8)9-6(5)2;1-4-2-3-5(7)9-6(4)8;6-4-2-1-3(9)5(7)8-4;4*1-2-3;1-2;1-4(2)3;;/h5-12,20H,1-4H3;5,14-15H,6H2,1-4H3;2-8H,1H3;1-7H;2*3-4H,1-2H3;2-3H,1H3;1-2,9H;4*3H,2H2,1H3;1-2H3;2H2,1H3;1H4;/b11-10+;;8-7+,15-10?;7-6+;;;;;;;;;;;;. The van der Waals surface area contributed by atoms with Gasteiger partial charge in [0.2, 0.25) is 0 Å². The summed E-state index contributed by atoms with van der Waals surface area (Å²) in [4.78, 5) is 34.8. The minimum absolute atomic E-state index is 0. The Kier molecular flexibility index (Phi) is 79.8. The summed E-state index contributed by atoms with van der Waals surface area (Å²) >= 11 is 38.4. The first-order valence-corrected chi connectivity index (χ1v) is 46.0. The zero-order valence-corrected chi connectivity index (χ0v) is 85.8. The fourth-order valence-corrected chi connectivity index (χ4v) is 11.7. The molecular weight excluding hydrogens is 2070 g/mol. The molecule has 0 aliphatic carbocycles. The molecule has 0 amide bonds. The van der Waals surface area contributed by atoms with Crippen molar-refractivity contribution in [2.24, 2.45) is 9.54 Å². The maximum atomic E-state index is 12.5. The normalized spacial score (nSPS) is 12.0. The largest absolute Gasteiger partial charge is 0.505 e. The first kappa shape index (κ1) is 133. The van der Waals surface area contributed by atoms with Gasteiger partial charge in [-0.3, -0.25) is 9.93 Å². The van der Waals surface area contributed by atoms with Crippen LogP contribution in [-0.2, 0) is 70.5 Å². The number of allylic oxidation sites excluding steroid dienone is 2. The van der Waals surface area contributed by atoms with Crippen LogP contribution in [-0.4, -0.2) is 156 Å². The predicted octanol–water partition coefficient (Wildman–Crippen LogP) is 22.1. The maximum absolute atomic E-state index is 12.5. The van der Waals surface area contributed by atoms with E-state index in [1.165, 1.54) is 46.9 Å². The van der Waals surface area contributed by atoms with Crippen molar-refractivity contribution in [3.05, 3.63) is 287 Å². The summed E-state index contributed by atoms with van der Waals surface area (Å²) in [5.41, 5.74) is 11.5. The molecule has 0 aliphatic rings. The number of rotatable bonds is 13. The van der Waals surface area contributed by atoms with Gasteiger partial charge in [0.25, 0.3) is 5.78 Å². The number of carbonyl (C=O) groups excluding carboxylic acids is 1. The van der Waals surface area contributed by atoms with E-state index in [1.54, 1.807) is 126 Å². The molecule has 5 unspecified atom stereocenters. The van der Waals surface area contributed by atoms with Gasteiger partial charge in [-0.05, 0) is 266 Å². The summed E-state index contributed by atoms with van der Waals surface area (Å²) in [6.07, 6.45) is 2.68. The molecule has 6 aromatic heterocycles.